The highest BCUT2D eigenvalue weighted by molar-refractivity contribution is 5.76. The van der Waals surface area contributed by atoms with Crippen molar-refractivity contribution in [3.05, 3.63) is 18.2 Å². The molecule has 1 unspecified atom stereocenters. The van der Waals surface area contributed by atoms with Gasteiger partial charge in [0, 0.05) is 37.8 Å². The Morgan fingerprint density at radius 3 is 3.24 bits per heavy atom. The van der Waals surface area contributed by atoms with Gasteiger partial charge in [-0.05, 0) is 25.8 Å². The van der Waals surface area contributed by atoms with Gasteiger partial charge in [-0.1, -0.05) is 0 Å². The largest absolute Gasteiger partial charge is 0.356 e. The molecule has 1 aliphatic rings. The quantitative estimate of drug-likeness (QED) is 0.633. The van der Waals surface area contributed by atoms with Crippen LogP contribution in [0.1, 0.15) is 31.5 Å². The molecule has 1 aliphatic heterocycles. The van der Waals surface area contributed by atoms with Crippen molar-refractivity contribution in [1.29, 1.82) is 0 Å². The fourth-order valence-electron chi connectivity index (χ4n) is 2.15. The molecule has 17 heavy (non-hydrogen) atoms. The SMILES string of the molecule is O=C(CC1CCCN1)NCCCc1ncc[nH]1. The van der Waals surface area contributed by atoms with E-state index in [4.69, 9.17) is 0 Å². The summed E-state index contributed by atoms with van der Waals surface area (Å²) in [6.45, 7) is 1.78. The zero-order valence-electron chi connectivity index (χ0n) is 10.0. The highest BCUT2D eigenvalue weighted by atomic mass is 16.1. The summed E-state index contributed by atoms with van der Waals surface area (Å²) in [6, 6.07) is 0.389. The van der Waals surface area contributed by atoms with Crippen LogP contribution in [0.5, 0.6) is 0 Å². The van der Waals surface area contributed by atoms with Crippen LogP contribution in [-0.2, 0) is 11.2 Å². The monoisotopic (exact) mass is 236 g/mol. The number of nitrogens with one attached hydrogen (secondary N) is 3. The van der Waals surface area contributed by atoms with Crippen molar-refractivity contribution in [1.82, 2.24) is 20.6 Å². The van der Waals surface area contributed by atoms with Gasteiger partial charge in [0.1, 0.15) is 5.82 Å². The second-order valence-electron chi connectivity index (χ2n) is 4.49. The lowest BCUT2D eigenvalue weighted by Gasteiger charge is -2.09. The van der Waals surface area contributed by atoms with Crippen molar-refractivity contribution in [3.63, 3.8) is 0 Å². The van der Waals surface area contributed by atoms with Crippen LogP contribution in [0, 0.1) is 0 Å². The van der Waals surface area contributed by atoms with Crippen molar-refractivity contribution in [2.75, 3.05) is 13.1 Å². The number of aromatic amines is 1. The normalized spacial score (nSPS) is 19.4. The molecule has 0 bridgehead atoms. The highest BCUT2D eigenvalue weighted by Gasteiger charge is 2.16. The van der Waals surface area contributed by atoms with E-state index in [1.165, 1.54) is 6.42 Å². The van der Waals surface area contributed by atoms with Crippen LogP contribution in [0.25, 0.3) is 0 Å². The number of aromatic nitrogens is 2. The Morgan fingerprint density at radius 2 is 2.53 bits per heavy atom. The van der Waals surface area contributed by atoms with E-state index >= 15 is 0 Å². The van der Waals surface area contributed by atoms with Gasteiger partial charge in [-0.2, -0.15) is 0 Å². The minimum Gasteiger partial charge on any atom is -0.356 e. The molecular formula is C12H20N4O. The molecule has 0 aromatic carbocycles. The lowest BCUT2D eigenvalue weighted by Crippen LogP contribution is -2.32. The summed E-state index contributed by atoms with van der Waals surface area (Å²) in [5.41, 5.74) is 0. The van der Waals surface area contributed by atoms with Crippen molar-refractivity contribution >= 4 is 5.91 Å². The third-order valence-electron chi connectivity index (χ3n) is 3.06. The first-order chi connectivity index (χ1) is 8.34. The van der Waals surface area contributed by atoms with Crippen molar-refractivity contribution < 1.29 is 4.79 Å². The predicted octanol–water partition coefficient (Wildman–Crippen LogP) is 0.601. The maximum absolute atomic E-state index is 11.6. The highest BCUT2D eigenvalue weighted by Crippen LogP contribution is 2.08. The average molecular weight is 236 g/mol. The molecular weight excluding hydrogens is 216 g/mol. The third-order valence-corrected chi connectivity index (χ3v) is 3.06. The number of hydrogen-bond donors (Lipinski definition) is 3. The Balaban J connectivity index is 1.53. The third kappa shape index (κ3) is 4.19. The maximum atomic E-state index is 11.6. The van der Waals surface area contributed by atoms with E-state index in [1.54, 1.807) is 6.20 Å². The maximum Gasteiger partial charge on any atom is 0.221 e. The van der Waals surface area contributed by atoms with Crippen molar-refractivity contribution in [3.8, 4) is 0 Å². The summed E-state index contributed by atoms with van der Waals surface area (Å²) in [5, 5.41) is 6.28. The number of rotatable bonds is 6. The number of H-pyrrole nitrogens is 1. The topological polar surface area (TPSA) is 69.8 Å². The van der Waals surface area contributed by atoms with Gasteiger partial charge >= 0.3 is 0 Å². The minimum atomic E-state index is 0.156. The van der Waals surface area contributed by atoms with E-state index in [-0.39, 0.29) is 5.91 Å². The molecule has 2 heterocycles. The van der Waals surface area contributed by atoms with Gasteiger partial charge in [0.05, 0.1) is 0 Å². The summed E-state index contributed by atoms with van der Waals surface area (Å²) >= 11 is 0. The molecule has 3 N–H and O–H groups in total. The van der Waals surface area contributed by atoms with Crippen LogP contribution in [0.4, 0.5) is 0 Å². The van der Waals surface area contributed by atoms with Gasteiger partial charge in [-0.15, -0.1) is 0 Å². The smallest absolute Gasteiger partial charge is 0.221 e. The van der Waals surface area contributed by atoms with E-state index in [2.05, 4.69) is 20.6 Å². The average Bonchev–Trinajstić information content (AvgIpc) is 2.96. The number of imidazole rings is 1. The van der Waals surface area contributed by atoms with Gasteiger partial charge in [-0.25, -0.2) is 4.98 Å². The van der Waals surface area contributed by atoms with Crippen molar-refractivity contribution in [2.45, 2.75) is 38.1 Å². The molecule has 5 heteroatoms. The molecule has 5 nitrogen and oxygen atoms in total. The molecule has 0 radical (unpaired) electrons. The van der Waals surface area contributed by atoms with E-state index in [9.17, 15) is 4.79 Å². The van der Waals surface area contributed by atoms with E-state index in [0.29, 0.717) is 12.5 Å². The van der Waals surface area contributed by atoms with Gasteiger partial charge in [-0.3, -0.25) is 4.79 Å². The fraction of sp³-hybridized carbons (Fsp3) is 0.667. The molecule has 1 amide bonds. The first-order valence-corrected chi connectivity index (χ1v) is 6.33. The van der Waals surface area contributed by atoms with Crippen LogP contribution in [-0.4, -0.2) is 35.0 Å². The van der Waals surface area contributed by atoms with Crippen LogP contribution in [0.15, 0.2) is 12.4 Å². The first kappa shape index (κ1) is 12.1. The molecule has 1 fully saturated rings. The Kier molecular flexibility index (Phi) is 4.55. The number of amides is 1. The molecule has 1 aromatic heterocycles. The number of nitrogens with zero attached hydrogens (tertiary/aromatic N) is 1. The molecule has 1 saturated heterocycles. The summed E-state index contributed by atoms with van der Waals surface area (Å²) < 4.78 is 0. The van der Waals surface area contributed by atoms with Gasteiger partial charge < -0.3 is 15.6 Å². The Bertz CT molecular complexity index is 330. The van der Waals surface area contributed by atoms with Crippen molar-refractivity contribution in [2.24, 2.45) is 0 Å². The summed E-state index contributed by atoms with van der Waals surface area (Å²) in [4.78, 5) is 18.8. The molecule has 1 aromatic rings. The number of aryl methyl sites for hydroxylation is 1. The molecule has 94 valence electrons. The molecule has 0 aliphatic carbocycles. The Morgan fingerprint density at radius 1 is 1.59 bits per heavy atom. The van der Waals surface area contributed by atoms with Gasteiger partial charge in [0.25, 0.3) is 0 Å². The predicted molar refractivity (Wildman–Crippen MR) is 65.6 cm³/mol. The van der Waals surface area contributed by atoms with E-state index in [1.807, 2.05) is 6.20 Å². The lowest BCUT2D eigenvalue weighted by atomic mass is 10.1. The Hall–Kier alpha value is -1.36. The van der Waals surface area contributed by atoms with Gasteiger partial charge in [0.15, 0.2) is 0 Å². The lowest BCUT2D eigenvalue weighted by molar-refractivity contribution is -0.121. The molecule has 0 saturated carbocycles. The number of carbonyl (C=O) groups is 1. The van der Waals surface area contributed by atoms with E-state index in [0.717, 1.165) is 38.2 Å². The van der Waals surface area contributed by atoms with Crippen LogP contribution < -0.4 is 10.6 Å². The summed E-state index contributed by atoms with van der Waals surface area (Å²) in [5.74, 6) is 1.14. The van der Waals surface area contributed by atoms with Crippen LogP contribution in [0.3, 0.4) is 0 Å². The standard InChI is InChI=1S/C12H20N4O/c17-12(9-10-3-1-5-13-10)16-6-2-4-11-14-7-8-15-11/h7-8,10,13H,1-6,9H2,(H,14,15)(H,16,17). The molecule has 1 atom stereocenters. The zero-order valence-corrected chi connectivity index (χ0v) is 10.0. The zero-order chi connectivity index (χ0) is 11.9. The summed E-state index contributed by atoms with van der Waals surface area (Å²) in [7, 11) is 0. The Labute approximate surface area is 101 Å². The first-order valence-electron chi connectivity index (χ1n) is 6.33. The second-order valence-corrected chi connectivity index (χ2v) is 4.49. The molecule has 0 spiro atoms. The summed E-state index contributed by atoms with van der Waals surface area (Å²) in [6.07, 6.45) is 8.31. The fourth-order valence-corrected chi connectivity index (χ4v) is 2.15. The number of carbonyl (C=O) groups excluding carboxylic acids is 1. The number of hydrogen-bond acceptors (Lipinski definition) is 3. The van der Waals surface area contributed by atoms with Crippen LogP contribution in [0.2, 0.25) is 0 Å². The van der Waals surface area contributed by atoms with Gasteiger partial charge in [0.2, 0.25) is 5.91 Å². The second kappa shape index (κ2) is 6.39. The van der Waals surface area contributed by atoms with Crippen LogP contribution >= 0.6 is 0 Å². The van der Waals surface area contributed by atoms with E-state index < -0.39 is 0 Å². The molecule has 2 rings (SSSR count). The minimum absolute atomic E-state index is 0.156.